The molecule has 2 saturated heterocycles. The van der Waals surface area contributed by atoms with Gasteiger partial charge in [0.05, 0.1) is 6.10 Å². The fraction of sp³-hybridized carbons (Fsp3) is 0.429. The summed E-state index contributed by atoms with van der Waals surface area (Å²) in [5.41, 5.74) is 1.90. The lowest BCUT2D eigenvalue weighted by atomic mass is 9.72. The van der Waals surface area contributed by atoms with Crippen LogP contribution in [0, 0.1) is 23.7 Å². The molecule has 0 aromatic heterocycles. The SMILES string of the molecule is O[C@@]1(c2ccccc2)O[C@]2(c3ccccc3)O[C@@H]3C[C@H]4C[C@@H]3[C@@H]2[C@H]41. The van der Waals surface area contributed by atoms with Crippen LogP contribution in [0.3, 0.4) is 0 Å². The molecule has 2 aliphatic carbocycles. The third-order valence-corrected chi connectivity index (χ3v) is 6.83. The lowest BCUT2D eigenvalue weighted by Crippen LogP contribution is -2.40. The van der Waals surface area contributed by atoms with E-state index in [1.807, 2.05) is 48.5 Å². The van der Waals surface area contributed by atoms with Crippen molar-refractivity contribution in [3.05, 3.63) is 71.8 Å². The zero-order valence-corrected chi connectivity index (χ0v) is 13.3. The molecular formula is C21H20O3. The lowest BCUT2D eigenvalue weighted by molar-refractivity contribution is -0.336. The average Bonchev–Trinajstić information content (AvgIpc) is 3.30. The predicted molar refractivity (Wildman–Crippen MR) is 87.6 cm³/mol. The number of hydrogen-bond donors (Lipinski definition) is 1. The smallest absolute Gasteiger partial charge is 0.202 e. The molecule has 122 valence electrons. The van der Waals surface area contributed by atoms with Crippen molar-refractivity contribution in [3.8, 4) is 0 Å². The molecule has 4 fully saturated rings. The molecule has 1 N–H and O–H groups in total. The van der Waals surface area contributed by atoms with E-state index in [1.54, 1.807) is 0 Å². The van der Waals surface area contributed by atoms with Gasteiger partial charge in [0.15, 0.2) is 5.79 Å². The summed E-state index contributed by atoms with van der Waals surface area (Å²) in [6.45, 7) is 0. The van der Waals surface area contributed by atoms with Gasteiger partial charge in [0.25, 0.3) is 0 Å². The molecule has 2 aromatic rings. The third kappa shape index (κ3) is 1.41. The van der Waals surface area contributed by atoms with Crippen LogP contribution in [-0.2, 0) is 21.0 Å². The normalized spacial score (nSPS) is 47.5. The first-order valence-electron chi connectivity index (χ1n) is 8.94. The van der Waals surface area contributed by atoms with Gasteiger partial charge in [0.2, 0.25) is 5.79 Å². The molecule has 2 aromatic carbocycles. The van der Waals surface area contributed by atoms with Crippen molar-refractivity contribution in [2.45, 2.75) is 30.5 Å². The molecule has 3 heteroatoms. The van der Waals surface area contributed by atoms with E-state index in [0.717, 1.165) is 24.0 Å². The van der Waals surface area contributed by atoms with Crippen molar-refractivity contribution >= 4 is 0 Å². The second kappa shape index (κ2) is 4.29. The highest BCUT2D eigenvalue weighted by molar-refractivity contribution is 5.34. The summed E-state index contributed by atoms with van der Waals surface area (Å²) in [4.78, 5) is 0. The minimum atomic E-state index is -1.26. The summed E-state index contributed by atoms with van der Waals surface area (Å²) in [5, 5.41) is 11.7. The van der Waals surface area contributed by atoms with Crippen molar-refractivity contribution in [1.29, 1.82) is 0 Å². The minimum absolute atomic E-state index is 0.115. The van der Waals surface area contributed by atoms with Gasteiger partial charge in [-0.25, -0.2) is 0 Å². The monoisotopic (exact) mass is 320 g/mol. The first kappa shape index (κ1) is 13.6. The van der Waals surface area contributed by atoms with Crippen LogP contribution in [0.25, 0.3) is 0 Å². The molecule has 0 unspecified atom stereocenters. The lowest BCUT2D eigenvalue weighted by Gasteiger charge is -2.37. The maximum atomic E-state index is 11.7. The number of hydrogen-bond acceptors (Lipinski definition) is 3. The number of benzene rings is 2. The summed E-state index contributed by atoms with van der Waals surface area (Å²) in [6.07, 6.45) is 2.50. The third-order valence-electron chi connectivity index (χ3n) is 6.83. The first-order valence-corrected chi connectivity index (χ1v) is 8.94. The van der Waals surface area contributed by atoms with E-state index in [-0.39, 0.29) is 17.9 Å². The molecule has 0 amide bonds. The Hall–Kier alpha value is -1.68. The van der Waals surface area contributed by atoms with Crippen LogP contribution in [0.1, 0.15) is 24.0 Å². The van der Waals surface area contributed by atoms with Crippen LogP contribution >= 0.6 is 0 Å². The summed E-state index contributed by atoms with van der Waals surface area (Å²) >= 11 is 0. The molecule has 2 heterocycles. The van der Waals surface area contributed by atoms with Crippen molar-refractivity contribution in [1.82, 2.24) is 0 Å². The van der Waals surface area contributed by atoms with E-state index in [4.69, 9.17) is 9.47 Å². The quantitative estimate of drug-likeness (QED) is 0.922. The van der Waals surface area contributed by atoms with Gasteiger partial charge < -0.3 is 14.6 Å². The maximum absolute atomic E-state index is 11.7. The highest BCUT2D eigenvalue weighted by atomic mass is 16.8. The highest BCUT2D eigenvalue weighted by Gasteiger charge is 2.78. The van der Waals surface area contributed by atoms with Crippen LogP contribution < -0.4 is 0 Å². The van der Waals surface area contributed by atoms with Crippen molar-refractivity contribution in [2.75, 3.05) is 0 Å². The van der Waals surface area contributed by atoms with Gasteiger partial charge in [-0.05, 0) is 24.7 Å². The molecule has 7 atom stereocenters. The molecule has 2 bridgehead atoms. The van der Waals surface area contributed by atoms with E-state index in [9.17, 15) is 5.11 Å². The van der Waals surface area contributed by atoms with Gasteiger partial charge in [-0.15, -0.1) is 0 Å². The summed E-state index contributed by atoms with van der Waals surface area (Å²) in [6, 6.07) is 20.1. The predicted octanol–water partition coefficient (Wildman–Crippen LogP) is 3.39. The number of fused-ring (bicyclic) bond motifs is 2. The molecule has 24 heavy (non-hydrogen) atoms. The Morgan fingerprint density at radius 3 is 2.21 bits per heavy atom. The average molecular weight is 320 g/mol. The van der Waals surface area contributed by atoms with E-state index in [0.29, 0.717) is 11.8 Å². The second-order valence-electron chi connectivity index (χ2n) is 7.80. The second-order valence-corrected chi connectivity index (χ2v) is 7.80. The van der Waals surface area contributed by atoms with Crippen LogP contribution in [-0.4, -0.2) is 11.2 Å². The van der Waals surface area contributed by atoms with Crippen molar-refractivity contribution in [2.24, 2.45) is 23.7 Å². The van der Waals surface area contributed by atoms with Crippen LogP contribution in [0.15, 0.2) is 60.7 Å². The summed E-state index contributed by atoms with van der Waals surface area (Å²) in [7, 11) is 0. The standard InChI is InChI=1S/C21H20O3/c22-20(14-7-3-1-4-8-14)18-13-11-16-17(12-13)23-21(24-20,19(16)18)15-9-5-2-6-10-15/h1-10,13,16-19,22H,11-12H2/t13-,16+,17-,18+,19-,20+,21+/m1/s1. The van der Waals surface area contributed by atoms with Gasteiger partial charge in [-0.3, -0.25) is 0 Å². The highest BCUT2D eigenvalue weighted by Crippen LogP contribution is 2.74. The molecule has 4 aliphatic rings. The first-order chi connectivity index (χ1) is 11.7. The maximum Gasteiger partial charge on any atom is 0.202 e. The molecule has 2 aliphatic heterocycles. The Kier molecular flexibility index (Phi) is 2.43. The van der Waals surface area contributed by atoms with Crippen LogP contribution in [0.5, 0.6) is 0 Å². The van der Waals surface area contributed by atoms with Gasteiger partial charge in [0.1, 0.15) is 0 Å². The Bertz CT molecular complexity index is 789. The van der Waals surface area contributed by atoms with Crippen molar-refractivity contribution < 1.29 is 14.6 Å². The van der Waals surface area contributed by atoms with Gasteiger partial charge >= 0.3 is 0 Å². The zero-order valence-electron chi connectivity index (χ0n) is 13.3. The van der Waals surface area contributed by atoms with E-state index < -0.39 is 11.6 Å². The molecule has 3 nitrogen and oxygen atoms in total. The topological polar surface area (TPSA) is 38.7 Å². The molecule has 0 spiro atoms. The number of aliphatic hydroxyl groups is 1. The molecular weight excluding hydrogens is 300 g/mol. The van der Waals surface area contributed by atoms with E-state index in [1.165, 1.54) is 0 Å². The molecule has 6 rings (SSSR count). The van der Waals surface area contributed by atoms with Gasteiger partial charge in [0, 0.05) is 23.0 Å². The molecule has 0 radical (unpaired) electrons. The van der Waals surface area contributed by atoms with Crippen LogP contribution in [0.2, 0.25) is 0 Å². The van der Waals surface area contributed by atoms with E-state index in [2.05, 4.69) is 12.1 Å². The minimum Gasteiger partial charge on any atom is -0.361 e. The summed E-state index contributed by atoms with van der Waals surface area (Å²) < 4.78 is 13.0. The van der Waals surface area contributed by atoms with E-state index >= 15 is 0 Å². The van der Waals surface area contributed by atoms with Crippen molar-refractivity contribution in [3.63, 3.8) is 0 Å². The Labute approximate surface area is 141 Å². The Balaban J connectivity index is 1.56. The fourth-order valence-corrected chi connectivity index (χ4v) is 6.13. The zero-order chi connectivity index (χ0) is 15.9. The van der Waals surface area contributed by atoms with Gasteiger partial charge in [-0.2, -0.15) is 0 Å². The van der Waals surface area contributed by atoms with Crippen LogP contribution in [0.4, 0.5) is 0 Å². The Morgan fingerprint density at radius 2 is 1.50 bits per heavy atom. The largest absolute Gasteiger partial charge is 0.361 e. The number of rotatable bonds is 2. The summed E-state index contributed by atoms with van der Waals surface area (Å²) in [5.74, 6) is -0.692. The molecule has 2 saturated carbocycles. The fourth-order valence-electron chi connectivity index (χ4n) is 6.13. The van der Waals surface area contributed by atoms with Gasteiger partial charge in [-0.1, -0.05) is 60.7 Å². The Morgan fingerprint density at radius 1 is 0.833 bits per heavy atom. The number of ether oxygens (including phenoxy) is 2.